The Morgan fingerprint density at radius 2 is 1.05 bits per heavy atom. The summed E-state index contributed by atoms with van der Waals surface area (Å²) in [5.74, 6) is 0. The van der Waals surface area contributed by atoms with E-state index < -0.39 is 7.72 Å². The van der Waals surface area contributed by atoms with E-state index in [1.54, 1.807) is 0 Å². The molecule has 0 aliphatic rings. The Morgan fingerprint density at radius 3 is 1.32 bits per heavy atom. The van der Waals surface area contributed by atoms with Gasteiger partial charge in [-0.05, 0) is 38.5 Å². The molecule has 0 saturated carbocycles. The minimum absolute atomic E-state index is 0.144. The fourth-order valence-electron chi connectivity index (χ4n) is 2.88. The molecule has 0 aromatic heterocycles. The van der Waals surface area contributed by atoms with E-state index in [4.69, 9.17) is 0 Å². The molecule has 19 heavy (non-hydrogen) atoms. The monoisotopic (exact) mass is 291 g/mol. The molecule has 0 spiro atoms. The zero-order valence-corrected chi connectivity index (χ0v) is 14.5. The van der Waals surface area contributed by atoms with Crippen molar-refractivity contribution in [1.29, 1.82) is 0 Å². The van der Waals surface area contributed by atoms with Crippen molar-refractivity contribution < 1.29 is 9.79 Å². The molecule has 0 amide bonds. The van der Waals surface area contributed by atoms with Crippen LogP contribution in [0.3, 0.4) is 0 Å². The molecule has 2 unspecified atom stereocenters. The van der Waals surface area contributed by atoms with Crippen LogP contribution in [-0.4, -0.2) is 21.1 Å². The molecular weight excluding hydrogens is 255 g/mol. The number of hydrogen-bond acceptors (Lipinski definition) is 2. The second-order valence-electron chi connectivity index (χ2n) is 5.82. The maximum atomic E-state index is 10.7. The zero-order chi connectivity index (χ0) is 14.7. The molecule has 0 fully saturated rings. The minimum Gasteiger partial charge on any atom is -0.220 e. The van der Waals surface area contributed by atoms with Gasteiger partial charge in [0.1, 0.15) is 11.3 Å². The maximum Gasteiger partial charge on any atom is 0.273 e. The zero-order valence-electron chi connectivity index (χ0n) is 13.6. The summed E-state index contributed by atoms with van der Waals surface area (Å²) in [6.45, 7) is 8.61. The van der Waals surface area contributed by atoms with Gasteiger partial charge in [0.2, 0.25) is 0 Å². The summed E-state index contributed by atoms with van der Waals surface area (Å²) < 4.78 is 0. The van der Waals surface area contributed by atoms with Crippen molar-refractivity contribution in [3.05, 3.63) is 0 Å². The Labute approximate surface area is 121 Å². The summed E-state index contributed by atoms with van der Waals surface area (Å²) in [5, 5.41) is 0. The molecule has 0 aliphatic heterocycles. The summed E-state index contributed by atoms with van der Waals surface area (Å²) in [5.41, 5.74) is 0.288. The Kier molecular flexibility index (Phi) is 11.3. The fraction of sp³-hybridized carbons (Fsp3) is 1.00. The molecule has 3 heteroatoms. The Bertz CT molecular complexity index is 187. The molecule has 0 rings (SSSR count). The van der Waals surface area contributed by atoms with Crippen LogP contribution in [-0.2, 0) is 0 Å². The van der Waals surface area contributed by atoms with Gasteiger partial charge >= 0.3 is 0 Å². The van der Waals surface area contributed by atoms with Gasteiger partial charge in [-0.1, -0.05) is 53.4 Å². The third-order valence-electron chi connectivity index (χ3n) is 4.30. The van der Waals surface area contributed by atoms with Gasteiger partial charge < -0.3 is 0 Å². The van der Waals surface area contributed by atoms with E-state index in [1.165, 1.54) is 25.7 Å². The van der Waals surface area contributed by atoms with Crippen LogP contribution in [0.2, 0.25) is 0 Å². The lowest BCUT2D eigenvalue weighted by atomic mass is 10.1. The standard InChI is InChI=1S/C16H36O2P/c1-5-9-11-13-15(7-3)19(17,18)16(8-4)14-12-10-6-2/h15-18H,5-14H2,1-4H3/q+1. The summed E-state index contributed by atoms with van der Waals surface area (Å²) in [7, 11) is -2.74. The van der Waals surface area contributed by atoms with Crippen LogP contribution < -0.4 is 0 Å². The average molecular weight is 291 g/mol. The van der Waals surface area contributed by atoms with Crippen molar-refractivity contribution in [2.45, 2.75) is 103 Å². The van der Waals surface area contributed by atoms with Gasteiger partial charge in [0, 0.05) is 0 Å². The quantitative estimate of drug-likeness (QED) is 0.366. The third-order valence-corrected chi connectivity index (χ3v) is 7.70. The average Bonchev–Trinajstić information content (AvgIpc) is 2.39. The summed E-state index contributed by atoms with van der Waals surface area (Å²) in [4.78, 5) is 21.4. The Morgan fingerprint density at radius 1 is 0.684 bits per heavy atom. The highest BCUT2D eigenvalue weighted by Crippen LogP contribution is 2.63. The van der Waals surface area contributed by atoms with Crippen molar-refractivity contribution in [2.75, 3.05) is 0 Å². The third kappa shape index (κ3) is 7.06. The second kappa shape index (κ2) is 11.1. The lowest BCUT2D eigenvalue weighted by molar-refractivity contribution is 0.390. The normalized spacial score (nSPS) is 15.5. The smallest absolute Gasteiger partial charge is 0.220 e. The van der Waals surface area contributed by atoms with Gasteiger partial charge in [-0.25, -0.2) is 9.79 Å². The summed E-state index contributed by atoms with van der Waals surface area (Å²) in [6.07, 6.45) is 10.9. The first-order chi connectivity index (χ1) is 9.04. The Hall–Kier alpha value is 0.350. The van der Waals surface area contributed by atoms with E-state index in [1.807, 2.05) is 0 Å². The second-order valence-corrected chi connectivity index (χ2v) is 8.68. The lowest BCUT2D eigenvalue weighted by Crippen LogP contribution is -2.23. The van der Waals surface area contributed by atoms with Gasteiger partial charge in [0.05, 0.1) is 0 Å². The molecular formula is C16H36O2P+. The molecule has 0 aromatic carbocycles. The molecule has 0 radical (unpaired) electrons. The molecule has 0 heterocycles. The van der Waals surface area contributed by atoms with E-state index in [0.29, 0.717) is 0 Å². The summed E-state index contributed by atoms with van der Waals surface area (Å²) in [6, 6.07) is 0. The first-order valence-corrected chi connectivity index (χ1v) is 10.2. The van der Waals surface area contributed by atoms with E-state index >= 15 is 0 Å². The molecule has 0 aliphatic carbocycles. The Balaban J connectivity index is 4.45. The molecule has 116 valence electrons. The predicted octanol–water partition coefficient (Wildman–Crippen LogP) is 5.54. The van der Waals surface area contributed by atoms with E-state index in [9.17, 15) is 9.79 Å². The SMILES string of the molecule is CCCCCC(CC)[P+](O)(O)C(CC)CCCCC. The number of hydrogen-bond donors (Lipinski definition) is 2. The van der Waals surface area contributed by atoms with Crippen LogP contribution in [0.15, 0.2) is 0 Å². The molecule has 0 aromatic rings. The van der Waals surface area contributed by atoms with Crippen LogP contribution in [0.1, 0.15) is 91.9 Å². The van der Waals surface area contributed by atoms with E-state index in [-0.39, 0.29) is 11.3 Å². The molecule has 2 N–H and O–H groups in total. The van der Waals surface area contributed by atoms with Crippen LogP contribution in [0.5, 0.6) is 0 Å². The predicted molar refractivity (Wildman–Crippen MR) is 87.8 cm³/mol. The summed E-state index contributed by atoms with van der Waals surface area (Å²) >= 11 is 0. The maximum absolute atomic E-state index is 10.7. The van der Waals surface area contributed by atoms with Gasteiger partial charge in [-0.15, -0.1) is 0 Å². The molecule has 2 atom stereocenters. The van der Waals surface area contributed by atoms with Crippen molar-refractivity contribution in [1.82, 2.24) is 0 Å². The number of unbranched alkanes of at least 4 members (excludes halogenated alkanes) is 4. The number of rotatable bonds is 12. The minimum atomic E-state index is -2.74. The van der Waals surface area contributed by atoms with E-state index in [2.05, 4.69) is 27.7 Å². The van der Waals surface area contributed by atoms with Crippen molar-refractivity contribution in [2.24, 2.45) is 0 Å². The van der Waals surface area contributed by atoms with Gasteiger partial charge in [0.25, 0.3) is 7.72 Å². The molecule has 0 bridgehead atoms. The van der Waals surface area contributed by atoms with Gasteiger partial charge in [0.15, 0.2) is 0 Å². The highest BCUT2D eigenvalue weighted by Gasteiger charge is 2.48. The first-order valence-electron chi connectivity index (χ1n) is 8.38. The van der Waals surface area contributed by atoms with Gasteiger partial charge in [-0.2, -0.15) is 0 Å². The first kappa shape index (κ1) is 19.4. The van der Waals surface area contributed by atoms with E-state index in [0.717, 1.165) is 38.5 Å². The topological polar surface area (TPSA) is 40.5 Å². The lowest BCUT2D eigenvalue weighted by Gasteiger charge is -2.28. The largest absolute Gasteiger partial charge is 0.273 e. The van der Waals surface area contributed by atoms with Crippen LogP contribution in [0.25, 0.3) is 0 Å². The molecule has 2 nitrogen and oxygen atoms in total. The highest BCUT2D eigenvalue weighted by atomic mass is 31.2. The molecule has 0 saturated heterocycles. The van der Waals surface area contributed by atoms with Crippen molar-refractivity contribution in [3.63, 3.8) is 0 Å². The van der Waals surface area contributed by atoms with Crippen molar-refractivity contribution in [3.8, 4) is 0 Å². The van der Waals surface area contributed by atoms with Crippen molar-refractivity contribution >= 4 is 7.72 Å². The van der Waals surface area contributed by atoms with Crippen LogP contribution in [0, 0.1) is 0 Å². The van der Waals surface area contributed by atoms with Crippen LogP contribution >= 0.6 is 7.72 Å². The highest BCUT2D eigenvalue weighted by molar-refractivity contribution is 7.66. The fourth-order valence-corrected chi connectivity index (χ4v) is 5.68. The van der Waals surface area contributed by atoms with Gasteiger partial charge in [-0.3, -0.25) is 0 Å². The van der Waals surface area contributed by atoms with Crippen LogP contribution in [0.4, 0.5) is 0 Å².